The maximum absolute atomic E-state index is 12.4. The van der Waals surface area contributed by atoms with Crippen LogP contribution in [-0.2, 0) is 4.79 Å². The van der Waals surface area contributed by atoms with Gasteiger partial charge in [0.25, 0.3) is 5.89 Å². The summed E-state index contributed by atoms with van der Waals surface area (Å²) >= 11 is 6.07. The molecule has 1 amide bonds. The molecule has 6 nitrogen and oxygen atoms in total. The molecule has 7 heteroatoms. The molecule has 1 fully saturated rings. The van der Waals surface area contributed by atoms with Gasteiger partial charge in [-0.15, -0.1) is 0 Å². The highest BCUT2D eigenvalue weighted by Gasteiger charge is 2.35. The minimum atomic E-state index is -0.122. The van der Waals surface area contributed by atoms with Crippen molar-refractivity contribution in [2.24, 2.45) is 0 Å². The average Bonchev–Trinajstić information content (AvgIpc) is 3.28. The first-order chi connectivity index (χ1) is 11.6. The second kappa shape index (κ2) is 5.79. The molecule has 1 aliphatic heterocycles. The zero-order chi connectivity index (χ0) is 16.7. The Labute approximate surface area is 143 Å². The number of aryl methyl sites for hydroxylation is 1. The standard InChI is InChI=1S/C17H14ClN3O3/c1-10-4-5-12(18)8-13(10)21-9-11(7-15(21)22)16-19-17(24-20-16)14-3-2-6-23-14/h2-6,8,11H,7,9H2,1H3. The maximum Gasteiger partial charge on any atom is 0.293 e. The summed E-state index contributed by atoms with van der Waals surface area (Å²) in [6.07, 6.45) is 1.88. The Balaban J connectivity index is 1.59. The van der Waals surface area contributed by atoms with Gasteiger partial charge in [-0.2, -0.15) is 4.98 Å². The Hall–Kier alpha value is -2.60. The van der Waals surface area contributed by atoms with Gasteiger partial charge in [0.1, 0.15) is 0 Å². The number of hydrogen-bond donors (Lipinski definition) is 0. The molecule has 3 heterocycles. The van der Waals surface area contributed by atoms with E-state index in [-0.39, 0.29) is 11.8 Å². The predicted molar refractivity (Wildman–Crippen MR) is 87.9 cm³/mol. The molecule has 1 unspecified atom stereocenters. The second-order valence-corrected chi connectivity index (χ2v) is 6.21. The van der Waals surface area contributed by atoms with Crippen LogP contribution in [0.15, 0.2) is 45.5 Å². The van der Waals surface area contributed by atoms with Gasteiger partial charge in [-0.05, 0) is 36.8 Å². The van der Waals surface area contributed by atoms with Crippen LogP contribution >= 0.6 is 11.6 Å². The van der Waals surface area contributed by atoms with Crippen LogP contribution in [0.2, 0.25) is 5.02 Å². The number of amides is 1. The molecule has 122 valence electrons. The predicted octanol–water partition coefficient (Wildman–Crippen LogP) is 3.81. The molecule has 0 radical (unpaired) electrons. The number of carbonyl (C=O) groups excluding carboxylic acids is 1. The van der Waals surface area contributed by atoms with Gasteiger partial charge in [-0.3, -0.25) is 4.79 Å². The number of anilines is 1. The first kappa shape index (κ1) is 15.0. The number of furan rings is 1. The van der Waals surface area contributed by atoms with Gasteiger partial charge in [0.05, 0.1) is 6.26 Å². The Morgan fingerprint density at radius 3 is 3.00 bits per heavy atom. The third-order valence-corrected chi connectivity index (χ3v) is 4.36. The first-order valence-electron chi connectivity index (χ1n) is 7.56. The highest BCUT2D eigenvalue weighted by molar-refractivity contribution is 6.31. The second-order valence-electron chi connectivity index (χ2n) is 5.77. The van der Waals surface area contributed by atoms with Crippen LogP contribution in [0.5, 0.6) is 0 Å². The van der Waals surface area contributed by atoms with Crippen LogP contribution in [0.3, 0.4) is 0 Å². The smallest absolute Gasteiger partial charge is 0.293 e. The molecule has 24 heavy (non-hydrogen) atoms. The zero-order valence-corrected chi connectivity index (χ0v) is 13.7. The fourth-order valence-corrected chi connectivity index (χ4v) is 3.05. The lowest BCUT2D eigenvalue weighted by Crippen LogP contribution is -2.25. The van der Waals surface area contributed by atoms with Crippen molar-refractivity contribution >= 4 is 23.2 Å². The van der Waals surface area contributed by atoms with Crippen LogP contribution in [0.4, 0.5) is 5.69 Å². The van der Waals surface area contributed by atoms with Crippen molar-refractivity contribution in [3.05, 3.63) is 53.0 Å². The molecule has 1 saturated heterocycles. The van der Waals surface area contributed by atoms with Crippen LogP contribution in [0.1, 0.15) is 23.7 Å². The van der Waals surface area contributed by atoms with E-state index in [9.17, 15) is 4.79 Å². The van der Waals surface area contributed by atoms with Crippen LogP contribution in [-0.4, -0.2) is 22.6 Å². The number of halogens is 1. The van der Waals surface area contributed by atoms with Crippen molar-refractivity contribution in [3.8, 4) is 11.7 Å². The Kier molecular flexibility index (Phi) is 3.61. The monoisotopic (exact) mass is 343 g/mol. The Morgan fingerprint density at radius 2 is 2.21 bits per heavy atom. The van der Waals surface area contributed by atoms with Gasteiger partial charge in [0, 0.05) is 29.6 Å². The van der Waals surface area contributed by atoms with Crippen LogP contribution in [0, 0.1) is 6.92 Å². The summed E-state index contributed by atoms with van der Waals surface area (Å²) in [7, 11) is 0. The van der Waals surface area contributed by atoms with Gasteiger partial charge < -0.3 is 13.8 Å². The van der Waals surface area contributed by atoms with Crippen LogP contribution < -0.4 is 4.90 Å². The molecule has 1 atom stereocenters. The molecule has 3 aromatic rings. The molecule has 0 spiro atoms. The molecule has 2 aromatic heterocycles. The molecule has 0 N–H and O–H groups in total. The molecule has 4 rings (SSSR count). The quantitative estimate of drug-likeness (QED) is 0.723. The van der Waals surface area contributed by atoms with Gasteiger partial charge in [0.2, 0.25) is 5.91 Å². The van der Waals surface area contributed by atoms with E-state index in [4.69, 9.17) is 20.5 Å². The third-order valence-electron chi connectivity index (χ3n) is 4.13. The van der Waals surface area contributed by atoms with E-state index in [2.05, 4.69) is 10.1 Å². The first-order valence-corrected chi connectivity index (χ1v) is 7.93. The number of aromatic nitrogens is 2. The number of carbonyl (C=O) groups is 1. The summed E-state index contributed by atoms with van der Waals surface area (Å²) in [5, 5.41) is 4.61. The topological polar surface area (TPSA) is 72.4 Å². The molecule has 1 aliphatic rings. The van der Waals surface area contributed by atoms with Gasteiger partial charge >= 0.3 is 0 Å². The number of hydrogen-bond acceptors (Lipinski definition) is 5. The van der Waals surface area contributed by atoms with E-state index in [1.54, 1.807) is 23.3 Å². The molecule has 0 saturated carbocycles. The number of rotatable bonds is 3. The van der Waals surface area contributed by atoms with E-state index < -0.39 is 0 Å². The fraction of sp³-hybridized carbons (Fsp3) is 0.235. The maximum atomic E-state index is 12.4. The van der Waals surface area contributed by atoms with E-state index in [0.29, 0.717) is 35.5 Å². The summed E-state index contributed by atoms with van der Waals surface area (Å²) in [6.45, 7) is 2.45. The minimum Gasteiger partial charge on any atom is -0.459 e. The fourth-order valence-electron chi connectivity index (χ4n) is 2.89. The summed E-state index contributed by atoms with van der Waals surface area (Å²) in [6, 6.07) is 9.03. The van der Waals surface area contributed by atoms with Gasteiger partial charge in [-0.1, -0.05) is 22.8 Å². The highest BCUT2D eigenvalue weighted by Crippen LogP contribution is 2.34. The molecular weight excluding hydrogens is 330 g/mol. The van der Waals surface area contributed by atoms with Crippen molar-refractivity contribution in [2.45, 2.75) is 19.3 Å². The summed E-state index contributed by atoms with van der Waals surface area (Å²) in [5.41, 5.74) is 1.82. The lowest BCUT2D eigenvalue weighted by atomic mass is 10.1. The largest absolute Gasteiger partial charge is 0.459 e. The number of benzene rings is 1. The average molecular weight is 344 g/mol. The van der Waals surface area contributed by atoms with E-state index in [1.165, 1.54) is 0 Å². The lowest BCUT2D eigenvalue weighted by Gasteiger charge is -2.19. The van der Waals surface area contributed by atoms with Crippen molar-refractivity contribution < 1.29 is 13.7 Å². The molecule has 0 bridgehead atoms. The molecule has 0 aliphatic carbocycles. The van der Waals surface area contributed by atoms with Gasteiger partial charge in [-0.25, -0.2) is 0 Å². The van der Waals surface area contributed by atoms with Crippen molar-refractivity contribution in [1.29, 1.82) is 0 Å². The Bertz CT molecular complexity index is 888. The molecule has 1 aromatic carbocycles. The number of nitrogens with zero attached hydrogens (tertiary/aromatic N) is 3. The van der Waals surface area contributed by atoms with E-state index in [0.717, 1.165) is 11.3 Å². The normalized spacial score (nSPS) is 17.7. The van der Waals surface area contributed by atoms with Crippen molar-refractivity contribution in [3.63, 3.8) is 0 Å². The summed E-state index contributed by atoms with van der Waals surface area (Å²) in [5.74, 6) is 1.25. The lowest BCUT2D eigenvalue weighted by molar-refractivity contribution is -0.117. The highest BCUT2D eigenvalue weighted by atomic mass is 35.5. The van der Waals surface area contributed by atoms with Crippen molar-refractivity contribution in [1.82, 2.24) is 10.1 Å². The minimum absolute atomic E-state index is 0.0229. The van der Waals surface area contributed by atoms with Crippen molar-refractivity contribution in [2.75, 3.05) is 11.4 Å². The van der Waals surface area contributed by atoms with E-state index in [1.807, 2.05) is 25.1 Å². The third kappa shape index (κ3) is 2.59. The summed E-state index contributed by atoms with van der Waals surface area (Å²) in [4.78, 5) is 18.5. The Morgan fingerprint density at radius 1 is 1.33 bits per heavy atom. The SMILES string of the molecule is Cc1ccc(Cl)cc1N1CC(c2noc(-c3ccco3)n2)CC1=O. The van der Waals surface area contributed by atoms with Crippen LogP contribution in [0.25, 0.3) is 11.7 Å². The zero-order valence-electron chi connectivity index (χ0n) is 12.9. The van der Waals surface area contributed by atoms with Gasteiger partial charge in [0.15, 0.2) is 11.6 Å². The summed E-state index contributed by atoms with van der Waals surface area (Å²) < 4.78 is 10.5. The molecular formula is C17H14ClN3O3. The van der Waals surface area contributed by atoms with E-state index >= 15 is 0 Å².